The first-order valence-corrected chi connectivity index (χ1v) is 5.48. The molecule has 3 rings (SSSR count). The van der Waals surface area contributed by atoms with E-state index >= 15 is 0 Å². The molecule has 0 saturated carbocycles. The molecule has 0 amide bonds. The quantitative estimate of drug-likeness (QED) is 0.724. The van der Waals surface area contributed by atoms with Crippen LogP contribution in [0.5, 0.6) is 0 Å². The third-order valence-electron chi connectivity index (χ3n) is 3.13. The van der Waals surface area contributed by atoms with Gasteiger partial charge in [0.25, 0.3) is 0 Å². The molecule has 1 saturated heterocycles. The van der Waals surface area contributed by atoms with E-state index in [-0.39, 0.29) is 0 Å². The van der Waals surface area contributed by atoms with Gasteiger partial charge in [-0.2, -0.15) is 0 Å². The Labute approximate surface area is 89.9 Å². The zero-order valence-electron chi connectivity index (χ0n) is 8.69. The number of nitrogens with zero attached hydrogens (tertiary/aromatic N) is 2. The highest BCUT2D eigenvalue weighted by molar-refractivity contribution is 5.89. The summed E-state index contributed by atoms with van der Waals surface area (Å²) in [5.74, 6) is 0. The van der Waals surface area contributed by atoms with Crippen LogP contribution in [-0.2, 0) is 0 Å². The van der Waals surface area contributed by atoms with Gasteiger partial charge in [0.05, 0.1) is 0 Å². The van der Waals surface area contributed by atoms with Gasteiger partial charge < -0.3 is 0 Å². The van der Waals surface area contributed by atoms with E-state index in [1.165, 1.54) is 36.2 Å². The molecule has 2 aliphatic rings. The van der Waals surface area contributed by atoms with E-state index in [1.54, 1.807) is 0 Å². The zero-order chi connectivity index (χ0) is 10.1. The molecule has 0 radical (unpaired) electrons. The molecule has 0 spiro atoms. The molecule has 0 unspecified atom stereocenters. The third kappa shape index (κ3) is 1.61. The molecule has 76 valence electrons. The van der Waals surface area contributed by atoms with Crippen LogP contribution in [0.3, 0.4) is 0 Å². The van der Waals surface area contributed by atoms with Gasteiger partial charge >= 0.3 is 0 Å². The van der Waals surface area contributed by atoms with E-state index in [2.05, 4.69) is 34.2 Å². The molecule has 0 atom stereocenters. The molecular weight excluding hydrogens is 184 g/mol. The van der Waals surface area contributed by atoms with Gasteiger partial charge in [0.2, 0.25) is 0 Å². The van der Waals surface area contributed by atoms with E-state index in [9.17, 15) is 0 Å². The summed E-state index contributed by atoms with van der Waals surface area (Å²) in [6.45, 7) is 3.59. The largest absolute Gasteiger partial charge is 0.300 e. The van der Waals surface area contributed by atoms with Gasteiger partial charge in [0.15, 0.2) is 0 Å². The molecule has 0 bridgehead atoms. The number of likely N-dealkylation sites (tertiary alicyclic amines) is 1. The third-order valence-corrected chi connectivity index (χ3v) is 3.13. The van der Waals surface area contributed by atoms with E-state index in [1.807, 2.05) is 12.4 Å². The van der Waals surface area contributed by atoms with Crippen LogP contribution in [0.4, 0.5) is 0 Å². The Kier molecular flexibility index (Phi) is 2.14. The molecule has 1 aromatic heterocycles. The van der Waals surface area contributed by atoms with Gasteiger partial charge in [0, 0.05) is 24.5 Å². The fourth-order valence-electron chi connectivity index (χ4n) is 2.03. The Morgan fingerprint density at radius 1 is 1.33 bits per heavy atom. The molecule has 1 aliphatic carbocycles. The molecule has 0 N–H and O–H groups in total. The summed E-state index contributed by atoms with van der Waals surface area (Å²) in [7, 11) is 0. The number of pyridine rings is 1. The number of allylic oxidation sites excluding steroid dienone is 2. The van der Waals surface area contributed by atoms with Crippen LogP contribution in [-0.4, -0.2) is 29.5 Å². The van der Waals surface area contributed by atoms with Crippen molar-refractivity contribution < 1.29 is 0 Å². The summed E-state index contributed by atoms with van der Waals surface area (Å²) < 4.78 is 0. The summed E-state index contributed by atoms with van der Waals surface area (Å²) >= 11 is 0. The fourth-order valence-corrected chi connectivity index (χ4v) is 2.03. The summed E-state index contributed by atoms with van der Waals surface area (Å²) in [6, 6.07) is 2.07. The molecule has 1 aliphatic heterocycles. The second-order valence-corrected chi connectivity index (χ2v) is 4.11. The zero-order valence-corrected chi connectivity index (χ0v) is 8.69. The maximum atomic E-state index is 4.17. The Morgan fingerprint density at radius 2 is 2.27 bits per heavy atom. The summed E-state index contributed by atoms with van der Waals surface area (Å²) in [6.07, 6.45) is 11.8. The monoisotopic (exact) mass is 198 g/mol. The molecule has 1 aromatic rings. The van der Waals surface area contributed by atoms with Gasteiger partial charge in [-0.1, -0.05) is 18.2 Å². The Balaban J connectivity index is 1.80. The van der Waals surface area contributed by atoms with Crippen LogP contribution >= 0.6 is 0 Å². The van der Waals surface area contributed by atoms with E-state index in [0.717, 1.165) is 6.54 Å². The van der Waals surface area contributed by atoms with E-state index in [0.29, 0.717) is 0 Å². The number of rotatable bonds is 2. The first kappa shape index (κ1) is 8.86. The topological polar surface area (TPSA) is 16.1 Å². The summed E-state index contributed by atoms with van der Waals surface area (Å²) in [5, 5.41) is 0. The van der Waals surface area contributed by atoms with Crippen molar-refractivity contribution in [2.45, 2.75) is 6.42 Å². The highest BCUT2D eigenvalue weighted by atomic mass is 15.2. The van der Waals surface area contributed by atoms with Gasteiger partial charge in [-0.3, -0.25) is 9.88 Å². The molecule has 15 heavy (non-hydrogen) atoms. The summed E-state index contributed by atoms with van der Waals surface area (Å²) in [5.41, 5.74) is 3.89. The van der Waals surface area contributed by atoms with Crippen molar-refractivity contribution in [3.8, 4) is 0 Å². The second-order valence-electron chi connectivity index (χ2n) is 4.11. The minimum atomic E-state index is 1.08. The Bertz CT molecular complexity index is 428. The van der Waals surface area contributed by atoms with Crippen LogP contribution in [0.25, 0.3) is 11.6 Å². The van der Waals surface area contributed by atoms with Crippen LogP contribution < -0.4 is 0 Å². The molecule has 2 nitrogen and oxygen atoms in total. The van der Waals surface area contributed by atoms with Crippen LogP contribution in [0.1, 0.15) is 17.5 Å². The van der Waals surface area contributed by atoms with Gasteiger partial charge in [0.1, 0.15) is 0 Å². The lowest BCUT2D eigenvalue weighted by atomic mass is 10.1. The normalized spacial score (nSPS) is 21.7. The van der Waals surface area contributed by atoms with Crippen LogP contribution in [0, 0.1) is 0 Å². The maximum absolute atomic E-state index is 4.17. The first-order chi connectivity index (χ1) is 7.43. The SMILES string of the molecule is C1=Cc2ccncc2/C1=C/CN1CCC1. The number of hydrogen-bond acceptors (Lipinski definition) is 2. The molecule has 2 heterocycles. The maximum Gasteiger partial charge on any atom is 0.0352 e. The highest BCUT2D eigenvalue weighted by Crippen LogP contribution is 2.27. The predicted octanol–water partition coefficient (Wildman–Crippen LogP) is 2.20. The van der Waals surface area contributed by atoms with Gasteiger partial charge in [-0.25, -0.2) is 0 Å². The first-order valence-electron chi connectivity index (χ1n) is 5.48. The van der Waals surface area contributed by atoms with Crippen molar-refractivity contribution in [1.82, 2.24) is 9.88 Å². The number of hydrogen-bond donors (Lipinski definition) is 0. The van der Waals surface area contributed by atoms with E-state index < -0.39 is 0 Å². The van der Waals surface area contributed by atoms with Crippen LogP contribution in [0.15, 0.2) is 30.6 Å². The van der Waals surface area contributed by atoms with Crippen LogP contribution in [0.2, 0.25) is 0 Å². The minimum Gasteiger partial charge on any atom is -0.300 e. The highest BCUT2D eigenvalue weighted by Gasteiger charge is 2.13. The van der Waals surface area contributed by atoms with Crippen molar-refractivity contribution in [2.75, 3.05) is 19.6 Å². The molecular formula is C13H14N2. The molecule has 2 heteroatoms. The molecule has 1 fully saturated rings. The van der Waals surface area contributed by atoms with Crippen molar-refractivity contribution in [3.63, 3.8) is 0 Å². The lowest BCUT2D eigenvalue weighted by Gasteiger charge is -2.29. The number of aromatic nitrogens is 1. The number of fused-ring (bicyclic) bond motifs is 1. The van der Waals surface area contributed by atoms with Crippen molar-refractivity contribution in [3.05, 3.63) is 41.7 Å². The second kappa shape index (κ2) is 3.63. The van der Waals surface area contributed by atoms with Crippen molar-refractivity contribution in [2.24, 2.45) is 0 Å². The average molecular weight is 198 g/mol. The minimum absolute atomic E-state index is 1.08. The van der Waals surface area contributed by atoms with E-state index in [4.69, 9.17) is 0 Å². The lowest BCUT2D eigenvalue weighted by Crippen LogP contribution is -2.37. The Hall–Kier alpha value is -1.41. The Morgan fingerprint density at radius 3 is 3.07 bits per heavy atom. The van der Waals surface area contributed by atoms with Crippen molar-refractivity contribution >= 4 is 11.6 Å². The fraction of sp³-hybridized carbons (Fsp3) is 0.308. The predicted molar refractivity (Wildman–Crippen MR) is 62.3 cm³/mol. The van der Waals surface area contributed by atoms with Gasteiger partial charge in [-0.05, 0) is 36.7 Å². The lowest BCUT2D eigenvalue weighted by molar-refractivity contribution is 0.203. The van der Waals surface area contributed by atoms with Crippen molar-refractivity contribution in [1.29, 1.82) is 0 Å². The molecule has 0 aromatic carbocycles. The summed E-state index contributed by atoms with van der Waals surface area (Å²) in [4.78, 5) is 6.63. The van der Waals surface area contributed by atoms with Gasteiger partial charge in [-0.15, -0.1) is 0 Å². The standard InChI is InChI=1S/C13H14N2/c1-7-15(8-1)9-5-12-3-2-11-4-6-14-10-13(11)12/h2-6,10H,1,7-9H2/b12-5+. The smallest absolute Gasteiger partial charge is 0.0352 e. The average Bonchev–Trinajstić information content (AvgIpc) is 2.60.